The van der Waals surface area contributed by atoms with E-state index in [0.717, 1.165) is 19.0 Å². The fourth-order valence-corrected chi connectivity index (χ4v) is 3.32. The second-order valence-electron chi connectivity index (χ2n) is 6.95. The summed E-state index contributed by atoms with van der Waals surface area (Å²) in [5.41, 5.74) is 4.19. The molecular formula is C19H32N2. The lowest BCUT2D eigenvalue weighted by Crippen LogP contribution is -2.37. The lowest BCUT2D eigenvalue weighted by Gasteiger charge is -2.32. The molecule has 2 rings (SSSR count). The van der Waals surface area contributed by atoms with Gasteiger partial charge in [-0.1, -0.05) is 42.7 Å². The van der Waals surface area contributed by atoms with Crippen LogP contribution in [0.1, 0.15) is 55.3 Å². The summed E-state index contributed by atoms with van der Waals surface area (Å²) in [7, 11) is 2.28. The number of nitrogens with one attached hydrogen (secondary N) is 1. The summed E-state index contributed by atoms with van der Waals surface area (Å²) < 4.78 is 0. The Hall–Kier alpha value is -0.860. The number of rotatable bonds is 8. The number of hydrogen-bond donors (Lipinski definition) is 1. The molecule has 1 unspecified atom stereocenters. The van der Waals surface area contributed by atoms with E-state index in [2.05, 4.69) is 56.2 Å². The molecule has 0 saturated heterocycles. The highest BCUT2D eigenvalue weighted by Gasteiger charge is 2.21. The summed E-state index contributed by atoms with van der Waals surface area (Å²) in [6.07, 6.45) is 5.49. The van der Waals surface area contributed by atoms with Crippen LogP contribution >= 0.6 is 0 Å². The van der Waals surface area contributed by atoms with Crippen LogP contribution < -0.4 is 5.32 Å². The van der Waals surface area contributed by atoms with E-state index in [4.69, 9.17) is 0 Å². The summed E-state index contributed by atoms with van der Waals surface area (Å²) in [6.45, 7) is 10.1. The molecule has 0 heterocycles. The van der Waals surface area contributed by atoms with Gasteiger partial charge in [0.1, 0.15) is 0 Å². The summed E-state index contributed by atoms with van der Waals surface area (Å²) in [6, 6.07) is 7.40. The fraction of sp³-hybridized carbons (Fsp3) is 0.684. The normalized spacial score (nSPS) is 17.0. The Morgan fingerprint density at radius 2 is 1.86 bits per heavy atom. The van der Waals surface area contributed by atoms with E-state index in [9.17, 15) is 0 Å². The average molecular weight is 288 g/mol. The van der Waals surface area contributed by atoms with E-state index in [-0.39, 0.29) is 0 Å². The highest BCUT2D eigenvalue weighted by atomic mass is 15.1. The Morgan fingerprint density at radius 3 is 2.38 bits per heavy atom. The smallest absolute Gasteiger partial charge is 0.0449 e. The van der Waals surface area contributed by atoms with Crippen LogP contribution in [0.3, 0.4) is 0 Å². The molecule has 0 amide bonds. The molecule has 1 saturated carbocycles. The van der Waals surface area contributed by atoms with Crippen LogP contribution in [0.4, 0.5) is 0 Å². The van der Waals surface area contributed by atoms with Crippen LogP contribution in [-0.4, -0.2) is 31.6 Å². The summed E-state index contributed by atoms with van der Waals surface area (Å²) in [5.74, 6) is 0.945. The van der Waals surface area contributed by atoms with Crippen molar-refractivity contribution in [2.75, 3.05) is 26.7 Å². The van der Waals surface area contributed by atoms with Gasteiger partial charge in [0.15, 0.2) is 0 Å². The Morgan fingerprint density at radius 1 is 1.19 bits per heavy atom. The van der Waals surface area contributed by atoms with Crippen molar-refractivity contribution in [3.63, 3.8) is 0 Å². The SMILES string of the molecule is CCCNC(CN(C)CC1CCC1)c1cc(C)cc(C)c1. The second kappa shape index (κ2) is 7.95. The molecule has 1 fully saturated rings. The van der Waals surface area contributed by atoms with Crippen LogP contribution in [0.5, 0.6) is 0 Å². The highest BCUT2D eigenvalue weighted by Crippen LogP contribution is 2.27. The van der Waals surface area contributed by atoms with Crippen LogP contribution in [0.25, 0.3) is 0 Å². The predicted molar refractivity (Wildman–Crippen MR) is 91.8 cm³/mol. The molecular weight excluding hydrogens is 256 g/mol. The third-order valence-corrected chi connectivity index (χ3v) is 4.58. The lowest BCUT2D eigenvalue weighted by atomic mass is 9.85. The molecule has 0 aliphatic heterocycles. The minimum Gasteiger partial charge on any atom is -0.309 e. The van der Waals surface area contributed by atoms with E-state index in [1.165, 1.54) is 48.9 Å². The molecule has 2 heteroatoms. The summed E-state index contributed by atoms with van der Waals surface area (Å²) >= 11 is 0. The third-order valence-electron chi connectivity index (χ3n) is 4.58. The van der Waals surface area contributed by atoms with Crippen molar-refractivity contribution in [1.29, 1.82) is 0 Å². The molecule has 1 aromatic carbocycles. The zero-order chi connectivity index (χ0) is 15.2. The Balaban J connectivity index is 2.01. The first-order valence-electron chi connectivity index (χ1n) is 8.58. The maximum Gasteiger partial charge on any atom is 0.0449 e. The van der Waals surface area contributed by atoms with Gasteiger partial charge in [-0.05, 0) is 58.2 Å². The zero-order valence-electron chi connectivity index (χ0n) is 14.3. The fourth-order valence-electron chi connectivity index (χ4n) is 3.32. The van der Waals surface area contributed by atoms with Gasteiger partial charge in [0.2, 0.25) is 0 Å². The van der Waals surface area contributed by atoms with E-state index < -0.39 is 0 Å². The molecule has 1 aliphatic carbocycles. The predicted octanol–water partition coefficient (Wildman–Crippen LogP) is 4.08. The molecule has 0 aromatic heterocycles. The molecule has 1 N–H and O–H groups in total. The molecule has 1 atom stereocenters. The summed E-state index contributed by atoms with van der Waals surface area (Å²) in [4.78, 5) is 2.52. The van der Waals surface area contributed by atoms with Crippen molar-refractivity contribution in [3.05, 3.63) is 34.9 Å². The van der Waals surface area contributed by atoms with Crippen LogP contribution in [0.15, 0.2) is 18.2 Å². The Labute approximate surface area is 130 Å². The lowest BCUT2D eigenvalue weighted by molar-refractivity contribution is 0.191. The molecule has 1 aromatic rings. The number of benzene rings is 1. The van der Waals surface area contributed by atoms with Crippen molar-refractivity contribution in [2.45, 2.75) is 52.5 Å². The first-order valence-corrected chi connectivity index (χ1v) is 8.58. The quantitative estimate of drug-likeness (QED) is 0.775. The maximum absolute atomic E-state index is 3.74. The van der Waals surface area contributed by atoms with Gasteiger partial charge in [-0.2, -0.15) is 0 Å². The van der Waals surface area contributed by atoms with Gasteiger partial charge in [0.05, 0.1) is 0 Å². The topological polar surface area (TPSA) is 15.3 Å². The van der Waals surface area contributed by atoms with Crippen molar-refractivity contribution >= 4 is 0 Å². The van der Waals surface area contributed by atoms with E-state index in [1.54, 1.807) is 0 Å². The van der Waals surface area contributed by atoms with Crippen molar-refractivity contribution in [3.8, 4) is 0 Å². The maximum atomic E-state index is 3.74. The highest BCUT2D eigenvalue weighted by molar-refractivity contribution is 5.31. The monoisotopic (exact) mass is 288 g/mol. The van der Waals surface area contributed by atoms with Crippen molar-refractivity contribution < 1.29 is 0 Å². The van der Waals surface area contributed by atoms with E-state index in [0.29, 0.717) is 6.04 Å². The number of aryl methyl sites for hydroxylation is 2. The van der Waals surface area contributed by atoms with E-state index in [1.807, 2.05) is 0 Å². The van der Waals surface area contributed by atoms with Gasteiger partial charge in [-0.15, -0.1) is 0 Å². The average Bonchev–Trinajstić information content (AvgIpc) is 2.37. The van der Waals surface area contributed by atoms with Crippen LogP contribution in [0, 0.1) is 19.8 Å². The third kappa shape index (κ3) is 5.12. The molecule has 21 heavy (non-hydrogen) atoms. The Kier molecular flexibility index (Phi) is 6.25. The largest absolute Gasteiger partial charge is 0.309 e. The number of likely N-dealkylation sites (N-methyl/N-ethyl adjacent to an activating group) is 1. The first-order chi connectivity index (χ1) is 10.1. The first kappa shape index (κ1) is 16.5. The van der Waals surface area contributed by atoms with Gasteiger partial charge >= 0.3 is 0 Å². The molecule has 1 aliphatic rings. The molecule has 0 bridgehead atoms. The number of nitrogens with zero attached hydrogens (tertiary/aromatic N) is 1. The summed E-state index contributed by atoms with van der Waals surface area (Å²) in [5, 5.41) is 3.74. The van der Waals surface area contributed by atoms with E-state index >= 15 is 0 Å². The molecule has 0 spiro atoms. The number of hydrogen-bond acceptors (Lipinski definition) is 2. The van der Waals surface area contributed by atoms with Crippen LogP contribution in [-0.2, 0) is 0 Å². The minimum atomic E-state index is 0.452. The van der Waals surface area contributed by atoms with Crippen molar-refractivity contribution in [1.82, 2.24) is 10.2 Å². The van der Waals surface area contributed by atoms with Gasteiger partial charge in [-0.25, -0.2) is 0 Å². The van der Waals surface area contributed by atoms with Gasteiger partial charge in [0.25, 0.3) is 0 Å². The van der Waals surface area contributed by atoms with Crippen LogP contribution in [0.2, 0.25) is 0 Å². The molecule has 2 nitrogen and oxygen atoms in total. The molecule has 0 radical (unpaired) electrons. The molecule has 118 valence electrons. The second-order valence-corrected chi connectivity index (χ2v) is 6.95. The standard InChI is InChI=1S/C19H32N2/c1-5-9-20-19(14-21(4)13-17-7-6-8-17)18-11-15(2)10-16(3)12-18/h10-12,17,19-20H,5-9,13-14H2,1-4H3. The Bertz CT molecular complexity index is 417. The minimum absolute atomic E-state index is 0.452. The van der Waals surface area contributed by atoms with Gasteiger partial charge in [-0.3, -0.25) is 0 Å². The van der Waals surface area contributed by atoms with Gasteiger partial charge < -0.3 is 10.2 Å². The van der Waals surface area contributed by atoms with Gasteiger partial charge in [0, 0.05) is 19.1 Å². The zero-order valence-corrected chi connectivity index (χ0v) is 14.3. The van der Waals surface area contributed by atoms with Crippen molar-refractivity contribution in [2.24, 2.45) is 5.92 Å².